The predicted octanol–water partition coefficient (Wildman–Crippen LogP) is -7.95. The number of unbranched alkanes of at least 4 members (excludes halogenated alkanes) is 3. The van der Waals surface area contributed by atoms with Gasteiger partial charge in [0.2, 0.25) is 52.9 Å². The molecule has 756 valence electrons. The third kappa shape index (κ3) is 45.3. The summed E-state index contributed by atoms with van der Waals surface area (Å²) in [6.07, 6.45) is -11.9. The van der Waals surface area contributed by atoms with E-state index in [1.807, 2.05) is 0 Å². The molecule has 131 heavy (non-hydrogen) atoms. The predicted molar refractivity (Wildman–Crippen MR) is 447 cm³/mol. The van der Waals surface area contributed by atoms with Gasteiger partial charge in [0, 0.05) is 92.1 Å². The molecule has 52 heteroatoms. The molecule has 5 rings (SSSR count). The Bertz CT molecular complexity index is 3270. The molecule has 0 bridgehead atoms. The number of phosphoric ester groups is 1. The number of aliphatic hydroxyl groups is 9. The standard InChI is InChI=1S/C79H140FN12O38P/c1-52(96)86-64-70(107)67(104)56(46-93)128-74(64)124-42-38-118-35-32-114-28-20-82-60(100)15-25-121-49-78(50-122-26-16-61(101)83-21-29-115-33-36-119-39-43-125-75-65(87-53(2)97)71(108)68(105)57(47-94)129-75,51-123-27-17-62(102)84-22-30-116-34-37-120-40-44-126-76-66(88-54(3)98)72(109)69(106)58(48-95)130-76)89-63(103)14-9-5-4-8-13-59(99)81-19-11-24-92-55-12-7-6-10-18-79(80,73(55)90-91-92)77(110)85-23-31-117-41-45-127-131(111,112)113/h56-58,64-72,74-76,93-95,104-109H,4-51H2,1-3H3,(H,81,99)(H,82,100)(H,83,101)(H,84,102)(H,85,110)(H,86,96)(H,87,97)(H,88,98)(H,89,103)(H2,111,112,113). The molecule has 4 heterocycles. The first kappa shape index (κ1) is 115. The SMILES string of the molecule is CC(=O)NC1C(OCCOCCOCCNC(=O)CCOCC(COCCC(=O)NCCOCCOCCOC2OC(CO)C(O)C(O)C2NC(C)=O)(COCCC(=O)NCCOCCOCCOC2OC(CO)C(O)C(O)C2NC(C)=O)NC(=O)CCCCCCC(=O)NCCCn2nnc3c2CCCCCC3(F)C(=O)NCCOCCOP(=O)(O)O)OC(CO)C(O)C1O. The molecule has 0 aromatic carbocycles. The van der Waals surface area contributed by atoms with Crippen molar-refractivity contribution < 1.29 is 188 Å². The Labute approximate surface area is 758 Å². The highest BCUT2D eigenvalue weighted by Crippen LogP contribution is 2.37. The number of aliphatic hydroxyl groups excluding tert-OH is 9. The second-order valence-corrected chi connectivity index (χ2v) is 32.4. The second-order valence-electron chi connectivity index (χ2n) is 31.2. The molecule has 3 saturated heterocycles. The van der Waals surface area contributed by atoms with Crippen LogP contribution in [0.5, 0.6) is 0 Å². The average molecular weight is 1920 g/mol. The Morgan fingerprint density at radius 3 is 1.16 bits per heavy atom. The van der Waals surface area contributed by atoms with E-state index < -0.39 is 185 Å². The average Bonchev–Trinajstić information content (AvgIpc) is 1.60. The van der Waals surface area contributed by atoms with Gasteiger partial charge in [-0.15, -0.1) is 5.10 Å². The zero-order chi connectivity index (χ0) is 95.8. The lowest BCUT2D eigenvalue weighted by Gasteiger charge is -2.42. The van der Waals surface area contributed by atoms with Gasteiger partial charge in [0.15, 0.2) is 18.9 Å². The first-order valence-corrected chi connectivity index (χ1v) is 45.7. The number of rotatable bonds is 71. The van der Waals surface area contributed by atoms with E-state index in [1.54, 1.807) is 4.68 Å². The van der Waals surface area contributed by atoms with Gasteiger partial charge in [0.05, 0.1) is 184 Å². The number of aromatic nitrogens is 3. The summed E-state index contributed by atoms with van der Waals surface area (Å²) in [4.78, 5) is 133. The molecule has 0 spiro atoms. The summed E-state index contributed by atoms with van der Waals surface area (Å²) >= 11 is 0. The number of nitrogens with zero attached hydrogens (tertiary/aromatic N) is 3. The van der Waals surface area contributed by atoms with Crippen molar-refractivity contribution in [3.8, 4) is 0 Å². The van der Waals surface area contributed by atoms with Crippen molar-refractivity contribution in [2.45, 2.75) is 227 Å². The number of ether oxygens (including phenoxy) is 16. The maximum Gasteiger partial charge on any atom is 0.469 e. The number of carbonyl (C=O) groups is 9. The van der Waals surface area contributed by atoms with Gasteiger partial charge in [-0.25, -0.2) is 13.6 Å². The summed E-state index contributed by atoms with van der Waals surface area (Å²) in [5.74, 6) is -4.41. The van der Waals surface area contributed by atoms with Crippen molar-refractivity contribution in [3.05, 3.63) is 11.4 Å². The van der Waals surface area contributed by atoms with E-state index in [0.717, 1.165) is 0 Å². The van der Waals surface area contributed by atoms with Crippen molar-refractivity contribution in [1.29, 1.82) is 0 Å². The van der Waals surface area contributed by atoms with Gasteiger partial charge in [-0.2, -0.15) is 0 Å². The van der Waals surface area contributed by atoms with Gasteiger partial charge in [0.1, 0.15) is 84.3 Å². The third-order valence-corrected chi connectivity index (χ3v) is 21.0. The number of halogens is 1. The molecular formula is C79H140FN12O38P. The lowest BCUT2D eigenvalue weighted by molar-refractivity contribution is -0.272. The van der Waals surface area contributed by atoms with Gasteiger partial charge in [0.25, 0.3) is 5.91 Å². The maximum atomic E-state index is 16.7. The van der Waals surface area contributed by atoms with Crippen LogP contribution in [0.2, 0.25) is 0 Å². The van der Waals surface area contributed by atoms with Crippen LogP contribution < -0.4 is 47.9 Å². The molecule has 0 saturated carbocycles. The molecule has 9 amide bonds. The van der Waals surface area contributed by atoms with Gasteiger partial charge in [-0.1, -0.05) is 24.5 Å². The lowest BCUT2D eigenvalue weighted by Crippen LogP contribution is -2.64. The van der Waals surface area contributed by atoms with E-state index >= 15 is 4.39 Å². The van der Waals surface area contributed by atoms with Gasteiger partial charge in [-0.05, 0) is 44.9 Å². The number of aryl methyl sites for hydroxylation is 1. The molecule has 16 atom stereocenters. The molecule has 1 aliphatic carbocycles. The molecular weight excluding hydrogens is 1770 g/mol. The zero-order valence-corrected chi connectivity index (χ0v) is 75.6. The molecule has 20 N–H and O–H groups in total. The highest BCUT2D eigenvalue weighted by molar-refractivity contribution is 7.46. The Morgan fingerprint density at radius 1 is 0.427 bits per heavy atom. The van der Waals surface area contributed by atoms with Crippen LogP contribution in [0.4, 0.5) is 4.39 Å². The van der Waals surface area contributed by atoms with E-state index in [-0.39, 0.29) is 241 Å². The fourth-order valence-corrected chi connectivity index (χ4v) is 14.1. The van der Waals surface area contributed by atoms with E-state index in [9.17, 15) is 93.7 Å². The maximum absolute atomic E-state index is 16.7. The second kappa shape index (κ2) is 65.2. The minimum Gasteiger partial charge on any atom is -0.394 e. The molecule has 0 radical (unpaired) electrons. The first-order chi connectivity index (χ1) is 62.9. The summed E-state index contributed by atoms with van der Waals surface area (Å²) in [5.41, 5.74) is -3.60. The van der Waals surface area contributed by atoms with Crippen molar-refractivity contribution in [2.75, 3.05) is 211 Å². The van der Waals surface area contributed by atoms with Crippen molar-refractivity contribution >= 4 is 61.0 Å². The topological polar surface area (TPSA) is 689 Å². The summed E-state index contributed by atoms with van der Waals surface area (Å²) in [7, 11) is -4.68. The Morgan fingerprint density at radius 2 is 0.779 bits per heavy atom. The van der Waals surface area contributed by atoms with Crippen LogP contribution >= 0.6 is 7.82 Å². The molecule has 4 aliphatic rings. The molecule has 50 nitrogen and oxygen atoms in total. The molecule has 16 unspecified atom stereocenters. The Hall–Kier alpha value is -6.59. The number of carbonyl (C=O) groups excluding carboxylic acids is 9. The highest BCUT2D eigenvalue weighted by Gasteiger charge is 2.50. The van der Waals surface area contributed by atoms with Crippen LogP contribution in [-0.4, -0.2) is 432 Å². The number of alkyl halides is 1. The van der Waals surface area contributed by atoms with Crippen LogP contribution in [0.25, 0.3) is 0 Å². The third-order valence-electron chi connectivity index (χ3n) is 20.5. The molecule has 1 aromatic heterocycles. The van der Waals surface area contributed by atoms with Crippen LogP contribution in [0, 0.1) is 0 Å². The van der Waals surface area contributed by atoms with Crippen LogP contribution in [0.15, 0.2) is 0 Å². The number of nitrogens with one attached hydrogen (secondary N) is 9. The number of hydrogen-bond donors (Lipinski definition) is 20. The van der Waals surface area contributed by atoms with Crippen LogP contribution in [0.1, 0.15) is 122 Å². The summed E-state index contributed by atoms with van der Waals surface area (Å²) in [5, 5.41) is 123. The Kier molecular flexibility index (Phi) is 57.2. The van der Waals surface area contributed by atoms with Crippen molar-refractivity contribution in [3.63, 3.8) is 0 Å². The van der Waals surface area contributed by atoms with E-state index in [4.69, 9.17) is 85.6 Å². The largest absolute Gasteiger partial charge is 0.469 e. The number of hydrogen-bond acceptors (Lipinski definition) is 38. The fourth-order valence-electron chi connectivity index (χ4n) is 13.8. The minimum absolute atomic E-state index is 0.0157. The van der Waals surface area contributed by atoms with Crippen molar-refractivity contribution in [1.82, 2.24) is 62.8 Å². The number of amides is 9. The smallest absolute Gasteiger partial charge is 0.394 e. The molecule has 3 fully saturated rings. The van der Waals surface area contributed by atoms with Crippen molar-refractivity contribution in [2.24, 2.45) is 0 Å². The summed E-state index contributed by atoms with van der Waals surface area (Å²) in [6, 6.07) is -3.38. The zero-order valence-electron chi connectivity index (χ0n) is 74.7. The quantitative estimate of drug-likeness (QED) is 0.0213. The van der Waals surface area contributed by atoms with Gasteiger partial charge >= 0.3 is 7.82 Å². The minimum atomic E-state index is -4.68. The number of phosphoric acid groups is 1. The normalized spacial score (nSPS) is 24.4. The number of fused-ring (bicyclic) bond motifs is 1. The summed E-state index contributed by atoms with van der Waals surface area (Å²) < 4.78 is 124. The summed E-state index contributed by atoms with van der Waals surface area (Å²) in [6.45, 7) is 1.28. The lowest BCUT2D eigenvalue weighted by atomic mass is 9.88. The van der Waals surface area contributed by atoms with E-state index in [0.29, 0.717) is 63.5 Å². The first-order valence-electron chi connectivity index (χ1n) is 44.1. The van der Waals surface area contributed by atoms with E-state index in [2.05, 4.69) is 62.7 Å². The Balaban J connectivity index is 1.13. The van der Waals surface area contributed by atoms with Gasteiger partial charge in [-0.3, -0.25) is 47.7 Å². The highest BCUT2D eigenvalue weighted by atomic mass is 31.2. The van der Waals surface area contributed by atoms with Gasteiger partial charge < -0.3 is 179 Å². The monoisotopic (exact) mass is 1910 g/mol. The molecule has 3 aliphatic heterocycles. The fraction of sp³-hybridized carbons (Fsp3) is 0.861. The van der Waals surface area contributed by atoms with Crippen LogP contribution in [-0.2, 0) is 147 Å². The molecule has 1 aromatic rings. The van der Waals surface area contributed by atoms with Crippen LogP contribution in [0.3, 0.4) is 0 Å². The van der Waals surface area contributed by atoms with E-state index in [1.165, 1.54) is 20.8 Å².